The number of ether oxygens (including phenoxy) is 1. The maximum absolute atomic E-state index is 6.18. The molecule has 1 nitrogen and oxygen atoms in total. The zero-order chi connectivity index (χ0) is 13.3. The van der Waals surface area contributed by atoms with Gasteiger partial charge in [-0.05, 0) is 18.2 Å². The molecule has 0 saturated heterocycles. The number of methoxy groups -OCH3 is 1. The zero-order valence-corrected chi connectivity index (χ0v) is 12.3. The highest BCUT2D eigenvalue weighted by Gasteiger charge is 2.14. The number of halogens is 4. The summed E-state index contributed by atoms with van der Waals surface area (Å²) in [5.74, 6) is 0.555. The van der Waals surface area contributed by atoms with Gasteiger partial charge in [-0.1, -0.05) is 58.5 Å². The molecule has 0 aliphatic carbocycles. The van der Waals surface area contributed by atoms with Gasteiger partial charge in [-0.3, -0.25) is 0 Å². The second kappa shape index (κ2) is 5.58. The molecule has 0 unspecified atom stereocenters. The van der Waals surface area contributed by atoms with E-state index in [1.807, 2.05) is 12.1 Å². The van der Waals surface area contributed by atoms with Crippen molar-refractivity contribution in [1.29, 1.82) is 0 Å². The molecule has 0 aliphatic heterocycles. The molecule has 0 saturated carbocycles. The number of hydrogen-bond acceptors (Lipinski definition) is 1. The largest absolute Gasteiger partial charge is 0.495 e. The van der Waals surface area contributed by atoms with E-state index in [4.69, 9.17) is 51.1 Å². The van der Waals surface area contributed by atoms with Crippen LogP contribution < -0.4 is 4.74 Å². The number of hydrogen-bond donors (Lipinski definition) is 0. The van der Waals surface area contributed by atoms with Gasteiger partial charge in [0, 0.05) is 11.1 Å². The molecule has 0 amide bonds. The van der Waals surface area contributed by atoms with Gasteiger partial charge in [0.25, 0.3) is 0 Å². The molecule has 2 aromatic rings. The van der Waals surface area contributed by atoms with E-state index in [0.717, 1.165) is 11.1 Å². The number of para-hydroxylation sites is 1. The van der Waals surface area contributed by atoms with Gasteiger partial charge in [0.15, 0.2) is 0 Å². The normalized spacial score (nSPS) is 10.5. The molecule has 94 valence electrons. The molecule has 0 spiro atoms. The van der Waals surface area contributed by atoms with E-state index < -0.39 is 0 Å². The van der Waals surface area contributed by atoms with Crippen LogP contribution in [0.1, 0.15) is 0 Å². The van der Waals surface area contributed by atoms with Crippen molar-refractivity contribution in [2.24, 2.45) is 0 Å². The Kier molecular flexibility index (Phi) is 4.29. The highest BCUT2D eigenvalue weighted by Crippen LogP contribution is 2.41. The minimum absolute atomic E-state index is 0.409. The summed E-state index contributed by atoms with van der Waals surface area (Å²) in [6.45, 7) is 0. The van der Waals surface area contributed by atoms with Crippen molar-refractivity contribution in [1.82, 2.24) is 0 Å². The van der Waals surface area contributed by atoms with Crippen LogP contribution in [-0.4, -0.2) is 7.11 Å². The van der Waals surface area contributed by atoms with Gasteiger partial charge in [0.05, 0.1) is 27.2 Å². The monoisotopic (exact) mass is 320 g/mol. The summed E-state index contributed by atoms with van der Waals surface area (Å²) in [6.07, 6.45) is 0. The Labute approximate surface area is 125 Å². The van der Waals surface area contributed by atoms with Crippen LogP contribution in [0.3, 0.4) is 0 Å². The van der Waals surface area contributed by atoms with Crippen molar-refractivity contribution in [3.8, 4) is 16.9 Å². The fraction of sp³-hybridized carbons (Fsp3) is 0.0769. The van der Waals surface area contributed by atoms with Crippen molar-refractivity contribution in [3.05, 3.63) is 50.4 Å². The average molecular weight is 322 g/mol. The van der Waals surface area contributed by atoms with E-state index in [1.165, 1.54) is 0 Å². The van der Waals surface area contributed by atoms with Gasteiger partial charge in [0.1, 0.15) is 5.75 Å². The summed E-state index contributed by atoms with van der Waals surface area (Å²) in [4.78, 5) is 0. The summed E-state index contributed by atoms with van der Waals surface area (Å²) < 4.78 is 5.29. The van der Waals surface area contributed by atoms with Crippen LogP contribution in [0, 0.1) is 0 Å². The first-order valence-corrected chi connectivity index (χ1v) is 6.53. The third kappa shape index (κ3) is 2.55. The highest BCUT2D eigenvalue weighted by atomic mass is 35.5. The Morgan fingerprint density at radius 1 is 0.778 bits per heavy atom. The lowest BCUT2D eigenvalue weighted by Gasteiger charge is -2.12. The van der Waals surface area contributed by atoms with Crippen LogP contribution in [0.4, 0.5) is 0 Å². The van der Waals surface area contributed by atoms with Crippen LogP contribution in [0.15, 0.2) is 30.3 Å². The molecule has 0 fully saturated rings. The standard InChI is InChI=1S/C13H8Cl4O/c1-18-13-7(3-2-4-9(13)14)8-5-11(16)12(17)6-10(8)15/h2-6H,1H3. The molecule has 0 aromatic heterocycles. The van der Waals surface area contributed by atoms with Gasteiger partial charge < -0.3 is 4.74 Å². The predicted molar refractivity (Wildman–Crippen MR) is 78.5 cm³/mol. The first-order chi connectivity index (χ1) is 8.54. The SMILES string of the molecule is COc1c(Cl)cccc1-c1cc(Cl)c(Cl)cc1Cl. The molecule has 5 heteroatoms. The summed E-state index contributed by atoms with van der Waals surface area (Å²) in [6, 6.07) is 8.71. The molecular formula is C13H8Cl4O. The predicted octanol–water partition coefficient (Wildman–Crippen LogP) is 5.98. The number of rotatable bonds is 2. The van der Waals surface area contributed by atoms with E-state index in [0.29, 0.717) is 25.8 Å². The smallest absolute Gasteiger partial charge is 0.145 e. The van der Waals surface area contributed by atoms with Crippen LogP contribution >= 0.6 is 46.4 Å². The topological polar surface area (TPSA) is 9.23 Å². The van der Waals surface area contributed by atoms with Crippen LogP contribution in [0.2, 0.25) is 20.1 Å². The van der Waals surface area contributed by atoms with Crippen molar-refractivity contribution < 1.29 is 4.74 Å². The summed E-state index contributed by atoms with van der Waals surface area (Å²) in [5, 5.41) is 1.84. The second-order valence-corrected chi connectivity index (χ2v) is 5.20. The van der Waals surface area contributed by atoms with Gasteiger partial charge in [-0.2, -0.15) is 0 Å². The van der Waals surface area contributed by atoms with E-state index in [-0.39, 0.29) is 0 Å². The molecule has 0 atom stereocenters. The van der Waals surface area contributed by atoms with E-state index >= 15 is 0 Å². The molecule has 0 heterocycles. The van der Waals surface area contributed by atoms with E-state index in [9.17, 15) is 0 Å². The first-order valence-electron chi connectivity index (χ1n) is 5.02. The lowest BCUT2D eigenvalue weighted by Crippen LogP contribution is -1.90. The Bertz CT molecular complexity index is 596. The van der Waals surface area contributed by atoms with Crippen molar-refractivity contribution >= 4 is 46.4 Å². The zero-order valence-electron chi connectivity index (χ0n) is 9.31. The minimum Gasteiger partial charge on any atom is -0.495 e. The Hall–Kier alpha value is -0.600. The fourth-order valence-electron chi connectivity index (χ4n) is 1.66. The molecule has 18 heavy (non-hydrogen) atoms. The quantitative estimate of drug-likeness (QED) is 0.618. The maximum Gasteiger partial charge on any atom is 0.145 e. The maximum atomic E-state index is 6.18. The molecule has 0 N–H and O–H groups in total. The van der Waals surface area contributed by atoms with E-state index in [2.05, 4.69) is 0 Å². The first kappa shape index (κ1) is 13.8. The fourth-order valence-corrected chi connectivity index (χ4v) is 2.56. The molecule has 2 rings (SSSR count). The third-order valence-corrected chi connectivity index (χ3v) is 3.80. The van der Waals surface area contributed by atoms with Crippen molar-refractivity contribution in [3.63, 3.8) is 0 Å². The van der Waals surface area contributed by atoms with Gasteiger partial charge in [-0.15, -0.1) is 0 Å². The Morgan fingerprint density at radius 3 is 2.11 bits per heavy atom. The summed E-state index contributed by atoms with van der Waals surface area (Å²) in [5.41, 5.74) is 1.50. The third-order valence-electron chi connectivity index (χ3n) is 2.47. The lowest BCUT2D eigenvalue weighted by molar-refractivity contribution is 0.416. The van der Waals surface area contributed by atoms with Gasteiger partial charge in [-0.25, -0.2) is 0 Å². The number of benzene rings is 2. The average Bonchev–Trinajstić information content (AvgIpc) is 2.33. The van der Waals surface area contributed by atoms with Crippen LogP contribution in [0.5, 0.6) is 5.75 Å². The highest BCUT2D eigenvalue weighted by molar-refractivity contribution is 6.44. The Morgan fingerprint density at radius 2 is 1.44 bits per heavy atom. The summed E-state index contributed by atoms with van der Waals surface area (Å²) in [7, 11) is 1.55. The minimum atomic E-state index is 0.409. The van der Waals surface area contributed by atoms with Gasteiger partial charge >= 0.3 is 0 Å². The molecule has 0 bridgehead atoms. The van der Waals surface area contributed by atoms with Gasteiger partial charge in [0.2, 0.25) is 0 Å². The lowest BCUT2D eigenvalue weighted by atomic mass is 10.0. The summed E-state index contributed by atoms with van der Waals surface area (Å²) >= 11 is 24.2. The molecule has 2 aromatic carbocycles. The Balaban J connectivity index is 2.69. The molecule has 0 aliphatic rings. The van der Waals surface area contributed by atoms with Crippen LogP contribution in [0.25, 0.3) is 11.1 Å². The molecular weight excluding hydrogens is 314 g/mol. The van der Waals surface area contributed by atoms with Crippen molar-refractivity contribution in [2.45, 2.75) is 0 Å². The molecule has 0 radical (unpaired) electrons. The second-order valence-electron chi connectivity index (χ2n) is 3.57. The van der Waals surface area contributed by atoms with Crippen molar-refractivity contribution in [2.75, 3.05) is 7.11 Å². The van der Waals surface area contributed by atoms with E-state index in [1.54, 1.807) is 25.3 Å². The van der Waals surface area contributed by atoms with Crippen LogP contribution in [-0.2, 0) is 0 Å².